The van der Waals surface area contributed by atoms with Crippen LogP contribution in [0.5, 0.6) is 0 Å². The first-order valence-electron chi connectivity index (χ1n) is 17.1. The van der Waals surface area contributed by atoms with Gasteiger partial charge in [0.1, 0.15) is 30.2 Å². The van der Waals surface area contributed by atoms with Crippen LogP contribution in [0.3, 0.4) is 0 Å². The van der Waals surface area contributed by atoms with Crippen LogP contribution in [0, 0.1) is 22.0 Å². The van der Waals surface area contributed by atoms with Gasteiger partial charge in [0.2, 0.25) is 29.5 Å². The van der Waals surface area contributed by atoms with Crippen LogP contribution < -0.4 is 32.3 Å². The van der Waals surface area contributed by atoms with Gasteiger partial charge in [-0.25, -0.2) is 4.79 Å². The fourth-order valence-electron chi connectivity index (χ4n) is 5.01. The number of rotatable bonds is 22. The van der Waals surface area contributed by atoms with Crippen molar-refractivity contribution in [3.63, 3.8) is 0 Å². The topological polar surface area (TPSA) is 261 Å². The van der Waals surface area contributed by atoms with Crippen LogP contribution in [-0.2, 0) is 39.9 Å². The molecule has 1 aromatic carbocycles. The van der Waals surface area contributed by atoms with Crippen molar-refractivity contribution in [1.82, 2.24) is 26.6 Å². The highest BCUT2D eigenvalue weighted by Gasteiger charge is 2.32. The maximum absolute atomic E-state index is 13.8. The second-order valence-electron chi connectivity index (χ2n) is 13.3. The number of non-ortho nitro benzene ring substituents is 1. The standard InChI is InChI=1S/C34H55N7O10/c1-8-9-10-25(31(45)36-21(6)29(43)39-27(16-20(4)5)34(48)51-7)37-32(46)26(17-22-11-13-23(14-12-22)41(49)50)38-33(47)28(18-42)40-30(44)24(35)15-19(2)3/h11-14,19-21,24-28,42H,8-10,15-18,35H2,1-7H3,(H,36,45)(H,37,46)(H,38,47)(H,39,43)(H,40,44). The van der Waals surface area contributed by atoms with E-state index in [9.17, 15) is 44.0 Å². The Bertz CT molecular complexity index is 1340. The molecule has 8 N–H and O–H groups in total. The molecule has 0 aromatic heterocycles. The second kappa shape index (κ2) is 22.2. The first-order valence-corrected chi connectivity index (χ1v) is 17.1. The third-order valence-corrected chi connectivity index (χ3v) is 7.84. The molecular weight excluding hydrogens is 666 g/mol. The Labute approximate surface area is 298 Å². The molecule has 0 radical (unpaired) electrons. The number of esters is 1. The first kappa shape index (κ1) is 44.4. The number of ether oxygens (including phenoxy) is 1. The summed E-state index contributed by atoms with van der Waals surface area (Å²) in [6.45, 7) is 9.95. The number of hydrogen-bond donors (Lipinski definition) is 7. The molecule has 1 rings (SSSR count). The molecule has 5 amide bonds. The van der Waals surface area contributed by atoms with E-state index in [0.717, 1.165) is 0 Å². The fourth-order valence-corrected chi connectivity index (χ4v) is 5.01. The van der Waals surface area contributed by atoms with Gasteiger partial charge in [-0.3, -0.25) is 34.1 Å². The number of aliphatic hydroxyl groups excluding tert-OH is 1. The van der Waals surface area contributed by atoms with Gasteiger partial charge in [0, 0.05) is 18.6 Å². The molecule has 6 atom stereocenters. The number of nitro groups is 1. The molecule has 0 fully saturated rings. The van der Waals surface area contributed by atoms with Crippen molar-refractivity contribution >= 4 is 41.2 Å². The summed E-state index contributed by atoms with van der Waals surface area (Å²) in [5.41, 5.74) is 6.15. The Balaban J connectivity index is 3.26. The number of nitrogens with two attached hydrogens (primary N) is 1. The molecule has 0 saturated carbocycles. The van der Waals surface area contributed by atoms with Crippen LogP contribution in [0.2, 0.25) is 0 Å². The van der Waals surface area contributed by atoms with E-state index < -0.39 is 83.3 Å². The summed E-state index contributed by atoms with van der Waals surface area (Å²) in [6.07, 6.45) is 1.78. The van der Waals surface area contributed by atoms with Gasteiger partial charge in [0.15, 0.2) is 0 Å². The van der Waals surface area contributed by atoms with Crippen LogP contribution in [-0.4, -0.2) is 95.5 Å². The monoisotopic (exact) mass is 721 g/mol. The molecule has 286 valence electrons. The average Bonchev–Trinajstić information content (AvgIpc) is 3.07. The lowest BCUT2D eigenvalue weighted by Gasteiger charge is -2.26. The molecule has 51 heavy (non-hydrogen) atoms. The number of nitrogens with zero attached hydrogens (tertiary/aromatic N) is 1. The predicted octanol–water partition coefficient (Wildman–Crippen LogP) is 0.356. The van der Waals surface area contributed by atoms with Crippen LogP contribution >= 0.6 is 0 Å². The molecule has 6 unspecified atom stereocenters. The zero-order valence-corrected chi connectivity index (χ0v) is 30.5. The average molecular weight is 722 g/mol. The van der Waals surface area contributed by atoms with E-state index >= 15 is 0 Å². The molecule has 0 aliphatic heterocycles. The molecule has 0 spiro atoms. The van der Waals surface area contributed by atoms with Crippen molar-refractivity contribution in [1.29, 1.82) is 0 Å². The van der Waals surface area contributed by atoms with Gasteiger partial charge in [0.25, 0.3) is 5.69 Å². The van der Waals surface area contributed by atoms with Gasteiger partial charge >= 0.3 is 5.97 Å². The number of carbonyl (C=O) groups excluding carboxylic acids is 6. The summed E-state index contributed by atoms with van der Waals surface area (Å²) >= 11 is 0. The minimum absolute atomic E-state index is 0.0544. The largest absolute Gasteiger partial charge is 0.467 e. The Morgan fingerprint density at radius 1 is 0.765 bits per heavy atom. The molecule has 1 aromatic rings. The van der Waals surface area contributed by atoms with Gasteiger partial charge < -0.3 is 42.2 Å². The Morgan fingerprint density at radius 3 is 1.78 bits per heavy atom. The van der Waals surface area contributed by atoms with E-state index in [0.29, 0.717) is 31.2 Å². The van der Waals surface area contributed by atoms with E-state index in [1.807, 2.05) is 34.6 Å². The summed E-state index contributed by atoms with van der Waals surface area (Å²) in [5.74, 6) is -4.23. The van der Waals surface area contributed by atoms with E-state index in [-0.39, 0.29) is 30.4 Å². The number of aliphatic hydroxyl groups is 1. The van der Waals surface area contributed by atoms with Crippen LogP contribution in [0.4, 0.5) is 5.69 Å². The lowest BCUT2D eigenvalue weighted by Crippen LogP contribution is -2.60. The number of methoxy groups -OCH3 is 1. The van der Waals surface area contributed by atoms with Crippen LogP contribution in [0.1, 0.15) is 79.2 Å². The van der Waals surface area contributed by atoms with Crippen molar-refractivity contribution < 1.29 is 43.5 Å². The zero-order valence-electron chi connectivity index (χ0n) is 30.5. The van der Waals surface area contributed by atoms with Gasteiger partial charge in [-0.05, 0) is 43.6 Å². The van der Waals surface area contributed by atoms with E-state index in [1.54, 1.807) is 0 Å². The minimum atomic E-state index is -1.47. The third-order valence-electron chi connectivity index (χ3n) is 7.84. The van der Waals surface area contributed by atoms with E-state index in [1.165, 1.54) is 38.3 Å². The predicted molar refractivity (Wildman–Crippen MR) is 188 cm³/mol. The number of unbranched alkanes of at least 4 members (excludes halogenated alkanes) is 1. The molecular formula is C34H55N7O10. The SMILES string of the molecule is CCCCC(NC(=O)C(Cc1ccc([N+](=O)[O-])cc1)NC(=O)C(CO)NC(=O)C(N)CC(C)C)C(=O)NC(C)C(=O)NC(CC(C)C)C(=O)OC. The van der Waals surface area contributed by atoms with Crippen LogP contribution in [0.15, 0.2) is 24.3 Å². The maximum Gasteiger partial charge on any atom is 0.328 e. The minimum Gasteiger partial charge on any atom is -0.467 e. The lowest BCUT2D eigenvalue weighted by atomic mass is 10.0. The van der Waals surface area contributed by atoms with Crippen molar-refractivity contribution in [2.75, 3.05) is 13.7 Å². The Morgan fingerprint density at radius 2 is 1.27 bits per heavy atom. The second-order valence-corrected chi connectivity index (χ2v) is 13.3. The fraction of sp³-hybridized carbons (Fsp3) is 0.647. The molecule has 0 saturated heterocycles. The number of benzene rings is 1. The normalized spacial score (nSPS) is 14.6. The third kappa shape index (κ3) is 15.8. The molecule has 0 aliphatic carbocycles. The van der Waals surface area contributed by atoms with E-state index in [4.69, 9.17) is 10.5 Å². The molecule has 0 aliphatic rings. The molecule has 0 bridgehead atoms. The van der Waals surface area contributed by atoms with Crippen molar-refractivity contribution in [2.24, 2.45) is 17.6 Å². The zero-order chi connectivity index (χ0) is 38.8. The van der Waals surface area contributed by atoms with Gasteiger partial charge in [-0.1, -0.05) is 59.6 Å². The van der Waals surface area contributed by atoms with Crippen molar-refractivity contribution in [3.05, 3.63) is 39.9 Å². The number of carbonyl (C=O) groups is 6. The smallest absolute Gasteiger partial charge is 0.328 e. The highest BCUT2D eigenvalue weighted by molar-refractivity contribution is 5.96. The van der Waals surface area contributed by atoms with Gasteiger partial charge in [-0.2, -0.15) is 0 Å². The molecule has 17 heteroatoms. The number of hydrogen-bond acceptors (Lipinski definition) is 11. The highest BCUT2D eigenvalue weighted by Crippen LogP contribution is 2.14. The highest BCUT2D eigenvalue weighted by atomic mass is 16.6. The number of nitro benzene ring substituents is 1. The Hall–Kier alpha value is -4.64. The summed E-state index contributed by atoms with van der Waals surface area (Å²) in [4.78, 5) is 88.8. The molecule has 0 heterocycles. The number of amides is 5. The first-order chi connectivity index (χ1) is 23.9. The summed E-state index contributed by atoms with van der Waals surface area (Å²) in [6, 6.07) is -1.71. The van der Waals surface area contributed by atoms with Gasteiger partial charge in [0.05, 0.1) is 24.7 Å². The maximum atomic E-state index is 13.8. The lowest BCUT2D eigenvalue weighted by molar-refractivity contribution is -0.384. The van der Waals surface area contributed by atoms with Crippen LogP contribution in [0.25, 0.3) is 0 Å². The van der Waals surface area contributed by atoms with Crippen molar-refractivity contribution in [3.8, 4) is 0 Å². The quantitative estimate of drug-likeness (QED) is 0.0488. The van der Waals surface area contributed by atoms with Crippen molar-refractivity contribution in [2.45, 2.75) is 116 Å². The van der Waals surface area contributed by atoms with E-state index in [2.05, 4.69) is 26.6 Å². The summed E-state index contributed by atoms with van der Waals surface area (Å²) < 4.78 is 4.79. The Kier molecular flexibility index (Phi) is 19.3. The summed E-state index contributed by atoms with van der Waals surface area (Å²) in [7, 11) is 1.20. The summed E-state index contributed by atoms with van der Waals surface area (Å²) in [5, 5.41) is 33.8. The number of nitrogens with one attached hydrogen (secondary N) is 5. The van der Waals surface area contributed by atoms with Gasteiger partial charge in [-0.15, -0.1) is 0 Å². The molecule has 17 nitrogen and oxygen atoms in total.